The van der Waals surface area contributed by atoms with Gasteiger partial charge >= 0.3 is 23.9 Å². The van der Waals surface area contributed by atoms with Crippen LogP contribution in [-0.4, -0.2) is 219 Å². The number of rotatable bonds is 26. The Morgan fingerprint density at radius 2 is 1.03 bits per heavy atom. The molecule has 7 N–H and O–H groups in total. The van der Waals surface area contributed by atoms with Crippen molar-refractivity contribution in [1.29, 1.82) is 0 Å². The average Bonchev–Trinajstić information content (AvgIpc) is 0.769. The number of ether oxygens (including phenoxy) is 14. The van der Waals surface area contributed by atoms with Crippen LogP contribution in [0, 0.1) is 5.92 Å². The van der Waals surface area contributed by atoms with Gasteiger partial charge < -0.3 is 102 Å². The zero-order valence-electron chi connectivity index (χ0n) is 57.9. The van der Waals surface area contributed by atoms with Gasteiger partial charge in [0.15, 0.2) is 55.9 Å². The van der Waals surface area contributed by atoms with Crippen LogP contribution in [0.2, 0.25) is 0 Å². The molecule has 6 aliphatic heterocycles. The van der Waals surface area contributed by atoms with Gasteiger partial charge in [0, 0.05) is 18.9 Å². The zero-order valence-corrected chi connectivity index (χ0v) is 57.9. The van der Waals surface area contributed by atoms with Gasteiger partial charge in [-0.25, -0.2) is 4.79 Å². The summed E-state index contributed by atoms with van der Waals surface area (Å²) in [5.41, 5.74) is 0.647. The molecular formula is C71H114O25. The molecule has 7 rings (SSSR count). The van der Waals surface area contributed by atoms with Crippen LogP contribution in [0.3, 0.4) is 0 Å². The van der Waals surface area contributed by atoms with Gasteiger partial charge in [-0.05, 0) is 71.9 Å². The fraction of sp³-hybridized carbons (Fsp3) is 0.831. The summed E-state index contributed by atoms with van der Waals surface area (Å²) < 4.78 is 89.4. The molecule has 26 unspecified atom stereocenters. The fourth-order valence-electron chi connectivity index (χ4n) is 13.2. The zero-order chi connectivity index (χ0) is 69.6. The molecule has 6 saturated heterocycles. The lowest BCUT2D eigenvalue weighted by Crippen LogP contribution is -2.68. The third-order valence-corrected chi connectivity index (χ3v) is 19.1. The Labute approximate surface area is 566 Å². The Balaban J connectivity index is 1.21. The number of benzene rings is 1. The molecule has 1 aromatic carbocycles. The van der Waals surface area contributed by atoms with Crippen molar-refractivity contribution in [2.75, 3.05) is 0 Å². The summed E-state index contributed by atoms with van der Waals surface area (Å²) in [6, 6.07) is 8.87. The summed E-state index contributed by atoms with van der Waals surface area (Å²) in [6.45, 7) is 15.0. The molecule has 0 aromatic heterocycles. The maximum Gasteiger partial charge on any atom is 0.331 e. The SMILES string of the molecule is CCCCCCCCCCCC(=O)OC1C(C)OC(OC2C(C)OC(OC3C(C)OC4OC5C(OC(CCCCC)CCCCCCCCCC(=O)OC4C3O)OC(C)C(O)C5O)C(OC(=O)C(C)C)C2OC2OC(C)C(O)C(O)C2O)C(OC(=O)C=Cc2ccccc2)C1O. The molecule has 0 amide bonds. The minimum Gasteiger partial charge on any atom is -0.457 e. The molecule has 548 valence electrons. The molecule has 6 heterocycles. The number of aliphatic hydroxyl groups excluding tert-OH is 7. The largest absolute Gasteiger partial charge is 0.457 e. The number of esters is 4. The van der Waals surface area contributed by atoms with Crippen LogP contribution < -0.4 is 0 Å². The lowest BCUT2D eigenvalue weighted by atomic mass is 9.95. The van der Waals surface area contributed by atoms with Crippen molar-refractivity contribution in [1.82, 2.24) is 0 Å². The van der Waals surface area contributed by atoms with Crippen molar-refractivity contribution < 1.29 is 121 Å². The second-order valence-corrected chi connectivity index (χ2v) is 27.3. The Bertz CT molecular complexity index is 2470. The minimum atomic E-state index is -1.95. The highest BCUT2D eigenvalue weighted by Gasteiger charge is 2.59. The number of hydrogen-bond donors (Lipinski definition) is 7. The highest BCUT2D eigenvalue weighted by molar-refractivity contribution is 5.87. The monoisotopic (exact) mass is 1370 g/mol. The number of carbonyl (C=O) groups is 4. The first-order valence-electron chi connectivity index (χ1n) is 35.9. The molecule has 26 atom stereocenters. The first-order valence-corrected chi connectivity index (χ1v) is 35.9. The van der Waals surface area contributed by atoms with Crippen molar-refractivity contribution in [2.45, 2.75) is 370 Å². The number of hydrogen-bond acceptors (Lipinski definition) is 25. The van der Waals surface area contributed by atoms with Gasteiger partial charge in [0.05, 0.1) is 42.5 Å². The van der Waals surface area contributed by atoms with E-state index in [1.165, 1.54) is 46.6 Å². The topological polar surface area (TPSA) is 339 Å². The molecule has 0 bridgehead atoms. The summed E-state index contributed by atoms with van der Waals surface area (Å²) in [4.78, 5) is 55.5. The van der Waals surface area contributed by atoms with Crippen molar-refractivity contribution in [2.24, 2.45) is 5.92 Å². The van der Waals surface area contributed by atoms with Crippen LogP contribution in [0.1, 0.15) is 216 Å². The van der Waals surface area contributed by atoms with Crippen LogP contribution >= 0.6 is 0 Å². The average molecular weight is 1370 g/mol. The van der Waals surface area contributed by atoms with E-state index in [4.69, 9.17) is 66.3 Å². The summed E-state index contributed by atoms with van der Waals surface area (Å²) in [5.74, 6) is -3.96. The van der Waals surface area contributed by atoms with Gasteiger partial charge in [-0.3, -0.25) is 14.4 Å². The molecule has 6 fully saturated rings. The highest BCUT2D eigenvalue weighted by Crippen LogP contribution is 2.40. The van der Waals surface area contributed by atoms with E-state index in [2.05, 4.69) is 13.8 Å². The van der Waals surface area contributed by atoms with Gasteiger partial charge in [0.1, 0.15) is 67.1 Å². The van der Waals surface area contributed by atoms with Gasteiger partial charge in [-0.2, -0.15) is 0 Å². The molecular weight excluding hydrogens is 1250 g/mol. The number of unbranched alkanes of at least 4 members (excludes halogenated alkanes) is 10. The van der Waals surface area contributed by atoms with Crippen LogP contribution in [-0.2, 0) is 85.5 Å². The van der Waals surface area contributed by atoms with Crippen LogP contribution in [0.5, 0.6) is 0 Å². The van der Waals surface area contributed by atoms with Gasteiger partial charge in [-0.15, -0.1) is 0 Å². The van der Waals surface area contributed by atoms with E-state index >= 15 is 0 Å². The Morgan fingerprint density at radius 3 is 1.71 bits per heavy atom. The van der Waals surface area contributed by atoms with Gasteiger partial charge in [0.2, 0.25) is 0 Å². The standard InChI is InChI=1S/C71H114O25/c1-10-12-14-15-16-17-20-23-30-36-48(72)89-58-43(7)85-69(62(56(58)80)91-50(74)39-38-46-32-27-25-28-33-46)94-60-45(9)87-71(65(92-66(82)40(3)4)64(60)96-67-55(79)53(77)51(75)41(5)83-67)93-59-44(8)86-70-63(57(59)81)90-49(73)37-31-24-21-18-19-22-29-35-47(34-26-13-11-2)88-68-61(95-70)54(78)52(76)42(6)84-68/h25,27-28,32-33,38-45,47,51-65,67-71,75-81H,10-24,26,29-31,34-37H2,1-9H3. The molecule has 0 aliphatic carbocycles. The number of aliphatic hydroxyl groups is 7. The predicted molar refractivity (Wildman–Crippen MR) is 345 cm³/mol. The highest BCUT2D eigenvalue weighted by atomic mass is 16.8. The molecule has 0 spiro atoms. The lowest BCUT2D eigenvalue weighted by molar-refractivity contribution is -0.399. The second-order valence-electron chi connectivity index (χ2n) is 27.3. The Morgan fingerprint density at radius 1 is 0.490 bits per heavy atom. The fourth-order valence-corrected chi connectivity index (χ4v) is 13.2. The molecule has 25 heteroatoms. The summed E-state index contributed by atoms with van der Waals surface area (Å²) >= 11 is 0. The van der Waals surface area contributed by atoms with Crippen molar-refractivity contribution in [3.63, 3.8) is 0 Å². The van der Waals surface area contributed by atoms with E-state index in [0.29, 0.717) is 31.2 Å². The van der Waals surface area contributed by atoms with Crippen molar-refractivity contribution in [3.8, 4) is 0 Å². The molecule has 25 nitrogen and oxygen atoms in total. The second kappa shape index (κ2) is 40.0. The molecule has 6 aliphatic rings. The van der Waals surface area contributed by atoms with E-state index in [0.717, 1.165) is 102 Å². The molecule has 0 radical (unpaired) electrons. The minimum absolute atomic E-state index is 0.0416. The van der Waals surface area contributed by atoms with Gasteiger partial charge in [-0.1, -0.05) is 167 Å². The van der Waals surface area contributed by atoms with E-state index < -0.39 is 183 Å². The molecule has 1 aromatic rings. The smallest absolute Gasteiger partial charge is 0.331 e. The lowest BCUT2D eigenvalue weighted by Gasteiger charge is -2.51. The first-order chi connectivity index (χ1) is 46.0. The number of fused-ring (bicyclic) bond motifs is 2. The predicted octanol–water partition coefficient (Wildman–Crippen LogP) is 7.21. The quantitative estimate of drug-likeness (QED) is 0.0208. The summed E-state index contributed by atoms with van der Waals surface area (Å²) in [6.07, 6.45) is -17.4. The Kier molecular flexibility index (Phi) is 33.1. The number of carbonyl (C=O) groups excluding carboxylic acids is 4. The van der Waals surface area contributed by atoms with Gasteiger partial charge in [0.25, 0.3) is 0 Å². The van der Waals surface area contributed by atoms with E-state index in [9.17, 15) is 54.9 Å². The maximum absolute atomic E-state index is 14.2. The summed E-state index contributed by atoms with van der Waals surface area (Å²) in [5, 5.41) is 81.7. The van der Waals surface area contributed by atoms with E-state index in [1.807, 2.05) is 0 Å². The normalized spacial score (nSPS) is 38.5. The third-order valence-electron chi connectivity index (χ3n) is 19.1. The van der Waals surface area contributed by atoms with E-state index in [1.54, 1.807) is 51.1 Å². The molecule has 96 heavy (non-hydrogen) atoms. The third kappa shape index (κ3) is 22.8. The van der Waals surface area contributed by atoms with Crippen LogP contribution in [0.4, 0.5) is 0 Å². The maximum atomic E-state index is 14.2. The summed E-state index contributed by atoms with van der Waals surface area (Å²) in [7, 11) is 0. The molecule has 0 saturated carbocycles. The van der Waals surface area contributed by atoms with Crippen LogP contribution in [0.25, 0.3) is 6.08 Å². The van der Waals surface area contributed by atoms with Crippen LogP contribution in [0.15, 0.2) is 36.4 Å². The van der Waals surface area contributed by atoms with Crippen molar-refractivity contribution in [3.05, 3.63) is 42.0 Å². The van der Waals surface area contributed by atoms with Crippen molar-refractivity contribution >= 4 is 30.0 Å². The van der Waals surface area contributed by atoms with E-state index in [-0.39, 0.29) is 18.9 Å². The first kappa shape index (κ1) is 79.5. The Hall–Kier alpha value is -3.84.